The van der Waals surface area contributed by atoms with Crippen LogP contribution in [0.2, 0.25) is 0 Å². The smallest absolute Gasteiger partial charge is 0.254 e. The maximum atomic E-state index is 13.4. The molecule has 0 fully saturated rings. The second kappa shape index (κ2) is 9.76. The molecule has 0 unspecified atom stereocenters. The van der Waals surface area contributed by atoms with Crippen LogP contribution in [0, 0.1) is 19.7 Å². The minimum Gasteiger partial charge on any atom is -0.348 e. The quantitative estimate of drug-likeness (QED) is 0.559. The number of rotatable bonds is 8. The zero-order chi connectivity index (χ0) is 22.4. The van der Waals surface area contributed by atoms with Crippen LogP contribution in [0.25, 0.3) is 0 Å². The first kappa shape index (κ1) is 22.5. The molecule has 2 N–H and O–H groups in total. The lowest BCUT2D eigenvalue weighted by atomic mass is 10.1. The zero-order valence-corrected chi connectivity index (χ0v) is 18.0. The summed E-state index contributed by atoms with van der Waals surface area (Å²) in [5.74, 6) is -0.330. The summed E-state index contributed by atoms with van der Waals surface area (Å²) in [6, 6.07) is 13.1. The van der Waals surface area contributed by atoms with Gasteiger partial charge in [-0.1, -0.05) is 30.3 Å². The molecular formula is C22H23FN4O3S. The fraction of sp³-hybridized carbons (Fsp3) is 0.227. The van der Waals surface area contributed by atoms with Gasteiger partial charge in [0.1, 0.15) is 11.6 Å². The molecule has 0 bridgehead atoms. The molecule has 0 aliphatic heterocycles. The lowest BCUT2D eigenvalue weighted by Crippen LogP contribution is -2.28. The molecule has 0 atom stereocenters. The van der Waals surface area contributed by atoms with Gasteiger partial charge in [0.25, 0.3) is 5.91 Å². The summed E-state index contributed by atoms with van der Waals surface area (Å²) in [5, 5.41) is 2.83. The van der Waals surface area contributed by atoms with Gasteiger partial charge in [0.2, 0.25) is 10.0 Å². The van der Waals surface area contributed by atoms with E-state index in [-0.39, 0.29) is 29.3 Å². The van der Waals surface area contributed by atoms with Crippen molar-refractivity contribution >= 4 is 15.9 Å². The number of carbonyl (C=O) groups excluding carboxylic acids is 1. The van der Waals surface area contributed by atoms with Crippen LogP contribution in [0.4, 0.5) is 4.39 Å². The lowest BCUT2D eigenvalue weighted by molar-refractivity contribution is 0.0949. The van der Waals surface area contributed by atoms with Crippen LogP contribution in [0.5, 0.6) is 0 Å². The summed E-state index contributed by atoms with van der Waals surface area (Å²) in [6.07, 6.45) is 1.63. The highest BCUT2D eigenvalue weighted by Crippen LogP contribution is 2.14. The van der Waals surface area contributed by atoms with Gasteiger partial charge in [-0.2, -0.15) is 0 Å². The third-order valence-electron chi connectivity index (χ3n) is 4.62. The Hall–Kier alpha value is -3.17. The van der Waals surface area contributed by atoms with Crippen molar-refractivity contribution in [3.8, 4) is 0 Å². The third-order valence-corrected chi connectivity index (χ3v) is 6.08. The number of halogens is 1. The molecule has 0 aliphatic rings. The second-order valence-corrected chi connectivity index (χ2v) is 8.77. The van der Waals surface area contributed by atoms with Crippen molar-refractivity contribution in [1.29, 1.82) is 0 Å². The largest absolute Gasteiger partial charge is 0.348 e. The van der Waals surface area contributed by atoms with Gasteiger partial charge in [0.05, 0.1) is 16.2 Å². The van der Waals surface area contributed by atoms with E-state index >= 15 is 0 Å². The highest BCUT2D eigenvalue weighted by atomic mass is 32.2. The van der Waals surface area contributed by atoms with Gasteiger partial charge in [0, 0.05) is 25.7 Å². The normalized spacial score (nSPS) is 11.3. The average Bonchev–Trinajstić information content (AvgIpc) is 2.74. The average molecular weight is 443 g/mol. The molecular weight excluding hydrogens is 419 g/mol. The van der Waals surface area contributed by atoms with Gasteiger partial charge in [-0.3, -0.25) is 4.79 Å². The summed E-state index contributed by atoms with van der Waals surface area (Å²) in [6.45, 7) is 3.57. The Kier molecular flexibility index (Phi) is 7.09. The van der Waals surface area contributed by atoms with Gasteiger partial charge in [-0.05, 0) is 43.2 Å². The summed E-state index contributed by atoms with van der Waals surface area (Å²) in [5.41, 5.74) is 1.92. The Morgan fingerprint density at radius 1 is 1.10 bits per heavy atom. The number of hydrogen-bond donors (Lipinski definition) is 2. The number of sulfonamides is 1. The molecule has 3 rings (SSSR count). The first-order valence-corrected chi connectivity index (χ1v) is 11.1. The van der Waals surface area contributed by atoms with E-state index in [9.17, 15) is 17.6 Å². The van der Waals surface area contributed by atoms with E-state index in [0.29, 0.717) is 23.6 Å². The highest BCUT2D eigenvalue weighted by molar-refractivity contribution is 7.89. The molecule has 0 saturated heterocycles. The number of carbonyl (C=O) groups is 1. The number of hydrogen-bond acceptors (Lipinski definition) is 5. The molecule has 1 aromatic heterocycles. The van der Waals surface area contributed by atoms with Gasteiger partial charge >= 0.3 is 0 Å². The van der Waals surface area contributed by atoms with Crippen molar-refractivity contribution in [1.82, 2.24) is 20.0 Å². The van der Waals surface area contributed by atoms with Gasteiger partial charge in [-0.25, -0.2) is 27.5 Å². The van der Waals surface area contributed by atoms with Crippen molar-refractivity contribution in [2.45, 2.75) is 31.7 Å². The van der Waals surface area contributed by atoms with E-state index in [2.05, 4.69) is 20.0 Å². The molecule has 9 heteroatoms. The van der Waals surface area contributed by atoms with E-state index in [0.717, 1.165) is 11.6 Å². The number of amides is 1. The van der Waals surface area contributed by atoms with Crippen LogP contribution >= 0.6 is 0 Å². The maximum absolute atomic E-state index is 13.4. The van der Waals surface area contributed by atoms with Crippen LogP contribution in [-0.2, 0) is 23.0 Å². The molecule has 0 spiro atoms. The predicted octanol–water partition coefficient (Wildman–Crippen LogP) is 2.68. The number of nitrogens with one attached hydrogen (secondary N) is 2. The molecule has 1 amide bonds. The lowest BCUT2D eigenvalue weighted by Gasteiger charge is -2.11. The summed E-state index contributed by atoms with van der Waals surface area (Å²) < 4.78 is 40.9. The van der Waals surface area contributed by atoms with Crippen LogP contribution in [-0.4, -0.2) is 30.8 Å². The predicted molar refractivity (Wildman–Crippen MR) is 114 cm³/mol. The van der Waals surface area contributed by atoms with Crippen molar-refractivity contribution in [2.75, 3.05) is 6.54 Å². The summed E-state index contributed by atoms with van der Waals surface area (Å²) in [7, 11) is -3.82. The topological polar surface area (TPSA) is 101 Å². The molecule has 31 heavy (non-hydrogen) atoms. The Morgan fingerprint density at radius 2 is 1.84 bits per heavy atom. The first-order chi connectivity index (χ1) is 14.8. The highest BCUT2D eigenvalue weighted by Gasteiger charge is 2.17. The van der Waals surface area contributed by atoms with Crippen molar-refractivity contribution in [3.05, 3.63) is 88.8 Å². The van der Waals surface area contributed by atoms with Crippen LogP contribution < -0.4 is 10.0 Å². The van der Waals surface area contributed by atoms with E-state index in [1.807, 2.05) is 30.3 Å². The fourth-order valence-electron chi connectivity index (χ4n) is 2.94. The Labute approximate surface area is 180 Å². The Morgan fingerprint density at radius 3 is 2.55 bits per heavy atom. The summed E-state index contributed by atoms with van der Waals surface area (Å²) in [4.78, 5) is 21.0. The molecule has 0 aliphatic carbocycles. The third kappa shape index (κ3) is 5.93. The van der Waals surface area contributed by atoms with E-state index in [1.165, 1.54) is 25.3 Å². The van der Waals surface area contributed by atoms with Crippen molar-refractivity contribution < 1.29 is 17.6 Å². The zero-order valence-electron chi connectivity index (χ0n) is 17.2. The first-order valence-electron chi connectivity index (χ1n) is 9.67. The van der Waals surface area contributed by atoms with Crippen LogP contribution in [0.15, 0.2) is 59.6 Å². The van der Waals surface area contributed by atoms with E-state index in [1.54, 1.807) is 6.92 Å². The molecule has 1 heterocycles. The number of aryl methyl sites for hydroxylation is 2. The molecule has 0 radical (unpaired) electrons. The van der Waals surface area contributed by atoms with Crippen molar-refractivity contribution in [3.63, 3.8) is 0 Å². The van der Waals surface area contributed by atoms with Gasteiger partial charge in [0.15, 0.2) is 0 Å². The van der Waals surface area contributed by atoms with Crippen LogP contribution in [0.1, 0.15) is 33.0 Å². The van der Waals surface area contributed by atoms with E-state index < -0.39 is 15.8 Å². The van der Waals surface area contributed by atoms with E-state index in [4.69, 9.17) is 0 Å². The second-order valence-electron chi connectivity index (χ2n) is 7.00. The molecule has 0 saturated carbocycles. The Bertz CT molecular complexity index is 1180. The molecule has 162 valence electrons. The van der Waals surface area contributed by atoms with Gasteiger partial charge in [-0.15, -0.1) is 0 Å². The Balaban J connectivity index is 1.67. The van der Waals surface area contributed by atoms with Gasteiger partial charge < -0.3 is 5.32 Å². The fourth-order valence-corrected chi connectivity index (χ4v) is 4.06. The standard InChI is InChI=1S/C22H23FN4O3S/c1-15-12-18(8-9-20(15)23)31(29,30)26-11-10-21-19(14-24-16(2)27-21)22(28)25-13-17-6-4-3-5-7-17/h3-9,12,14,26H,10-11,13H2,1-2H3,(H,25,28). The maximum Gasteiger partial charge on any atom is 0.254 e. The van der Waals surface area contributed by atoms with Crippen LogP contribution in [0.3, 0.4) is 0 Å². The minimum absolute atomic E-state index is 0.0220. The SMILES string of the molecule is Cc1ncc(C(=O)NCc2ccccc2)c(CCNS(=O)(=O)c2ccc(F)c(C)c2)n1. The van der Waals surface area contributed by atoms with Crippen molar-refractivity contribution in [2.24, 2.45) is 0 Å². The summed E-state index contributed by atoms with van der Waals surface area (Å²) >= 11 is 0. The monoisotopic (exact) mass is 442 g/mol. The number of benzene rings is 2. The minimum atomic E-state index is -3.82. The number of nitrogens with zero attached hydrogens (tertiary/aromatic N) is 2. The molecule has 7 nitrogen and oxygen atoms in total. The molecule has 3 aromatic rings. The number of aromatic nitrogens is 2. The molecule has 2 aromatic carbocycles.